The SMILES string of the molecule is O=C(OCCCCCl)OC(=O)OCCCCCl. The summed E-state index contributed by atoms with van der Waals surface area (Å²) in [5.41, 5.74) is 0. The molecule has 0 N–H and O–H groups in total. The number of halogens is 2. The predicted octanol–water partition coefficient (Wildman–Crippen LogP) is 3.31. The van der Waals surface area contributed by atoms with Crippen molar-refractivity contribution in [1.29, 1.82) is 0 Å². The van der Waals surface area contributed by atoms with Crippen LogP contribution >= 0.6 is 23.2 Å². The van der Waals surface area contributed by atoms with Crippen LogP contribution in [-0.2, 0) is 14.2 Å². The van der Waals surface area contributed by atoms with Gasteiger partial charge in [0.15, 0.2) is 0 Å². The maximum Gasteiger partial charge on any atom is 0.518 e. The van der Waals surface area contributed by atoms with Crippen molar-refractivity contribution < 1.29 is 23.8 Å². The van der Waals surface area contributed by atoms with Crippen molar-refractivity contribution in [3.63, 3.8) is 0 Å². The number of hydrogen-bond acceptors (Lipinski definition) is 5. The summed E-state index contributed by atoms with van der Waals surface area (Å²) < 4.78 is 13.4. The van der Waals surface area contributed by atoms with Crippen LogP contribution in [0.5, 0.6) is 0 Å². The quantitative estimate of drug-likeness (QED) is 0.296. The summed E-state index contributed by atoms with van der Waals surface area (Å²) in [4.78, 5) is 21.8. The Labute approximate surface area is 110 Å². The zero-order valence-electron chi connectivity index (χ0n) is 9.45. The number of unbranched alkanes of at least 4 members (excludes halogenated alkanes) is 2. The second kappa shape index (κ2) is 11.8. The Morgan fingerprint density at radius 3 is 1.53 bits per heavy atom. The van der Waals surface area contributed by atoms with Crippen LogP contribution in [0.2, 0.25) is 0 Å². The van der Waals surface area contributed by atoms with Crippen molar-refractivity contribution >= 4 is 35.5 Å². The molecule has 100 valence electrons. The second-order valence-corrected chi connectivity index (χ2v) is 3.85. The smallest absolute Gasteiger partial charge is 0.434 e. The van der Waals surface area contributed by atoms with Crippen molar-refractivity contribution in [3.8, 4) is 0 Å². The van der Waals surface area contributed by atoms with Gasteiger partial charge in [-0.05, 0) is 25.7 Å². The molecule has 0 rings (SSSR count). The zero-order valence-corrected chi connectivity index (χ0v) is 11.0. The van der Waals surface area contributed by atoms with E-state index in [1.165, 1.54) is 0 Å². The Balaban J connectivity index is 3.42. The number of rotatable bonds is 8. The van der Waals surface area contributed by atoms with Gasteiger partial charge >= 0.3 is 12.3 Å². The van der Waals surface area contributed by atoms with E-state index in [1.54, 1.807) is 0 Å². The van der Waals surface area contributed by atoms with Crippen LogP contribution in [0.15, 0.2) is 0 Å². The van der Waals surface area contributed by atoms with Gasteiger partial charge in [0.1, 0.15) is 0 Å². The molecule has 0 aliphatic carbocycles. The topological polar surface area (TPSA) is 61.8 Å². The van der Waals surface area contributed by atoms with Crippen LogP contribution in [-0.4, -0.2) is 37.3 Å². The lowest BCUT2D eigenvalue weighted by atomic mass is 10.4. The fraction of sp³-hybridized carbons (Fsp3) is 0.800. The molecule has 0 aliphatic heterocycles. The van der Waals surface area contributed by atoms with Crippen molar-refractivity contribution in [1.82, 2.24) is 0 Å². The molecule has 0 fully saturated rings. The molecule has 0 aromatic heterocycles. The maximum atomic E-state index is 10.9. The molecule has 5 nitrogen and oxygen atoms in total. The third-order valence-electron chi connectivity index (χ3n) is 1.66. The molecule has 0 bridgehead atoms. The van der Waals surface area contributed by atoms with E-state index in [4.69, 9.17) is 23.2 Å². The van der Waals surface area contributed by atoms with Gasteiger partial charge in [0, 0.05) is 11.8 Å². The summed E-state index contributed by atoms with van der Waals surface area (Å²) in [5.74, 6) is 1.00. The molecule has 0 atom stereocenters. The van der Waals surface area contributed by atoms with Gasteiger partial charge in [-0.2, -0.15) is 0 Å². The van der Waals surface area contributed by atoms with E-state index in [-0.39, 0.29) is 13.2 Å². The van der Waals surface area contributed by atoms with Crippen LogP contribution in [0.1, 0.15) is 25.7 Å². The minimum Gasteiger partial charge on any atom is -0.434 e. The Bertz CT molecular complexity index is 201. The number of carbonyl (C=O) groups is 2. The van der Waals surface area contributed by atoms with E-state index >= 15 is 0 Å². The molecule has 0 aromatic carbocycles. The molecule has 0 spiro atoms. The molecule has 0 heterocycles. The van der Waals surface area contributed by atoms with E-state index in [1.807, 2.05) is 0 Å². The zero-order chi connectivity index (χ0) is 12.9. The Hall–Kier alpha value is -0.680. The summed E-state index contributed by atoms with van der Waals surface area (Å²) in [5, 5.41) is 0. The molecule has 0 unspecified atom stereocenters. The highest BCUT2D eigenvalue weighted by atomic mass is 35.5. The molecule has 0 amide bonds. The highest BCUT2D eigenvalue weighted by molar-refractivity contribution is 6.18. The maximum absolute atomic E-state index is 10.9. The van der Waals surface area contributed by atoms with E-state index in [9.17, 15) is 9.59 Å². The number of ether oxygens (including phenoxy) is 3. The Morgan fingerprint density at radius 1 is 0.765 bits per heavy atom. The fourth-order valence-electron chi connectivity index (χ4n) is 0.831. The fourth-order valence-corrected chi connectivity index (χ4v) is 1.21. The summed E-state index contributed by atoms with van der Waals surface area (Å²) >= 11 is 10.9. The predicted molar refractivity (Wildman–Crippen MR) is 63.7 cm³/mol. The molecular formula is C10H16Cl2O5. The summed E-state index contributed by atoms with van der Waals surface area (Å²) in [6, 6.07) is 0. The van der Waals surface area contributed by atoms with Crippen LogP contribution in [0.3, 0.4) is 0 Å². The van der Waals surface area contributed by atoms with Gasteiger partial charge in [-0.3, -0.25) is 0 Å². The van der Waals surface area contributed by atoms with Crippen molar-refractivity contribution in [2.75, 3.05) is 25.0 Å². The van der Waals surface area contributed by atoms with Gasteiger partial charge in [-0.25, -0.2) is 9.59 Å². The Kier molecular flexibility index (Phi) is 11.3. The Morgan fingerprint density at radius 2 is 1.18 bits per heavy atom. The molecule has 0 saturated carbocycles. The minimum absolute atomic E-state index is 0.172. The number of alkyl halides is 2. The largest absolute Gasteiger partial charge is 0.518 e. The third kappa shape index (κ3) is 11.6. The van der Waals surface area contributed by atoms with Crippen molar-refractivity contribution in [2.24, 2.45) is 0 Å². The molecule has 17 heavy (non-hydrogen) atoms. The van der Waals surface area contributed by atoms with E-state index < -0.39 is 12.3 Å². The second-order valence-electron chi connectivity index (χ2n) is 3.09. The average Bonchev–Trinajstić information content (AvgIpc) is 2.30. The normalized spacial score (nSPS) is 9.76. The first-order chi connectivity index (χ1) is 8.20. The molecular weight excluding hydrogens is 271 g/mol. The minimum atomic E-state index is -1.05. The highest BCUT2D eigenvalue weighted by Crippen LogP contribution is 1.98. The first kappa shape index (κ1) is 16.3. The summed E-state index contributed by atoms with van der Waals surface area (Å²) in [6.07, 6.45) is 0.617. The number of carbonyl (C=O) groups excluding carboxylic acids is 2. The van der Waals surface area contributed by atoms with Crippen molar-refractivity contribution in [2.45, 2.75) is 25.7 Å². The van der Waals surface area contributed by atoms with Crippen LogP contribution in [0.25, 0.3) is 0 Å². The number of hydrogen-bond donors (Lipinski definition) is 0. The summed E-state index contributed by atoms with van der Waals surface area (Å²) in [6.45, 7) is 0.343. The van der Waals surface area contributed by atoms with Gasteiger partial charge in [-0.15, -0.1) is 23.2 Å². The lowest BCUT2D eigenvalue weighted by Crippen LogP contribution is -2.16. The van der Waals surface area contributed by atoms with E-state index in [0.717, 1.165) is 12.8 Å². The third-order valence-corrected chi connectivity index (χ3v) is 2.20. The van der Waals surface area contributed by atoms with Crippen LogP contribution in [0, 0.1) is 0 Å². The monoisotopic (exact) mass is 286 g/mol. The van der Waals surface area contributed by atoms with Crippen LogP contribution in [0.4, 0.5) is 9.59 Å². The lowest BCUT2D eigenvalue weighted by molar-refractivity contribution is 0.0357. The lowest BCUT2D eigenvalue weighted by Gasteiger charge is -2.05. The van der Waals surface area contributed by atoms with Gasteiger partial charge in [0.2, 0.25) is 0 Å². The molecule has 0 radical (unpaired) electrons. The molecule has 0 aliphatic rings. The van der Waals surface area contributed by atoms with Crippen molar-refractivity contribution in [3.05, 3.63) is 0 Å². The van der Waals surface area contributed by atoms with Gasteiger partial charge in [0.25, 0.3) is 0 Å². The average molecular weight is 287 g/mol. The molecule has 0 aromatic rings. The van der Waals surface area contributed by atoms with Gasteiger partial charge in [0.05, 0.1) is 13.2 Å². The molecule has 0 saturated heterocycles. The van der Waals surface area contributed by atoms with E-state index in [0.29, 0.717) is 24.6 Å². The van der Waals surface area contributed by atoms with Crippen LogP contribution < -0.4 is 0 Å². The first-order valence-corrected chi connectivity index (χ1v) is 6.41. The highest BCUT2D eigenvalue weighted by Gasteiger charge is 2.12. The van der Waals surface area contributed by atoms with Gasteiger partial charge < -0.3 is 14.2 Å². The van der Waals surface area contributed by atoms with E-state index in [2.05, 4.69) is 14.2 Å². The first-order valence-electron chi connectivity index (χ1n) is 5.34. The van der Waals surface area contributed by atoms with Gasteiger partial charge in [-0.1, -0.05) is 0 Å². The standard InChI is InChI=1S/C10H16Cl2O5/c11-5-1-3-7-15-9(13)17-10(14)16-8-4-2-6-12/h1-8H2. The molecule has 7 heteroatoms. The summed E-state index contributed by atoms with van der Waals surface area (Å²) in [7, 11) is 0.